The zero-order chi connectivity index (χ0) is 15.4. The molecule has 1 heterocycles. The van der Waals surface area contributed by atoms with Gasteiger partial charge in [0.2, 0.25) is 0 Å². The molecule has 0 aromatic heterocycles. The first kappa shape index (κ1) is 15.3. The zero-order valence-electron chi connectivity index (χ0n) is 12.4. The predicted octanol–water partition coefficient (Wildman–Crippen LogP) is 1.36. The number of fused-ring (bicyclic) bond motifs is 1. The number of carboxylic acid groups (broad SMARTS) is 1. The van der Waals surface area contributed by atoms with Gasteiger partial charge in [-0.25, -0.2) is 9.59 Å². The first-order valence-corrected chi connectivity index (χ1v) is 7.00. The summed E-state index contributed by atoms with van der Waals surface area (Å²) in [7, 11) is 4.00. The van der Waals surface area contributed by atoms with Crippen LogP contribution in [-0.2, 0) is 13.1 Å². The number of benzene rings is 1. The fraction of sp³-hybridized carbons (Fsp3) is 0.467. The van der Waals surface area contributed by atoms with Gasteiger partial charge < -0.3 is 20.2 Å². The van der Waals surface area contributed by atoms with Crippen molar-refractivity contribution in [3.8, 4) is 0 Å². The summed E-state index contributed by atoms with van der Waals surface area (Å²) in [5, 5.41) is 11.9. The summed E-state index contributed by atoms with van der Waals surface area (Å²) in [6.07, 6.45) is 0.905. The van der Waals surface area contributed by atoms with E-state index in [2.05, 4.69) is 10.2 Å². The molecule has 0 spiro atoms. The molecule has 0 saturated carbocycles. The van der Waals surface area contributed by atoms with Gasteiger partial charge in [0.1, 0.15) is 0 Å². The summed E-state index contributed by atoms with van der Waals surface area (Å²) in [5.74, 6) is -0.940. The van der Waals surface area contributed by atoms with Gasteiger partial charge in [-0.2, -0.15) is 0 Å². The van der Waals surface area contributed by atoms with E-state index in [4.69, 9.17) is 5.11 Å². The molecule has 0 aliphatic carbocycles. The molecule has 0 fully saturated rings. The van der Waals surface area contributed by atoms with E-state index in [-0.39, 0.29) is 11.6 Å². The van der Waals surface area contributed by atoms with Crippen LogP contribution in [0.1, 0.15) is 27.9 Å². The van der Waals surface area contributed by atoms with Crippen molar-refractivity contribution in [1.29, 1.82) is 0 Å². The smallest absolute Gasteiger partial charge is 0.335 e. The van der Waals surface area contributed by atoms with Gasteiger partial charge in [-0.3, -0.25) is 0 Å². The third-order valence-electron chi connectivity index (χ3n) is 3.52. The fourth-order valence-electron chi connectivity index (χ4n) is 2.37. The summed E-state index contributed by atoms with van der Waals surface area (Å²) in [5.41, 5.74) is 2.20. The highest BCUT2D eigenvalue weighted by Gasteiger charge is 2.23. The summed E-state index contributed by atoms with van der Waals surface area (Å²) >= 11 is 0. The van der Waals surface area contributed by atoms with E-state index >= 15 is 0 Å². The van der Waals surface area contributed by atoms with Crippen LogP contribution in [0, 0.1) is 0 Å². The molecule has 1 aromatic carbocycles. The molecule has 21 heavy (non-hydrogen) atoms. The van der Waals surface area contributed by atoms with Crippen molar-refractivity contribution < 1.29 is 14.7 Å². The van der Waals surface area contributed by atoms with Crippen LogP contribution in [0.4, 0.5) is 4.79 Å². The maximum Gasteiger partial charge on any atom is 0.335 e. The molecule has 1 aromatic rings. The van der Waals surface area contributed by atoms with Crippen molar-refractivity contribution >= 4 is 12.0 Å². The molecule has 0 bridgehead atoms. The second-order valence-electron chi connectivity index (χ2n) is 5.53. The Morgan fingerprint density at radius 1 is 1.29 bits per heavy atom. The van der Waals surface area contributed by atoms with E-state index < -0.39 is 5.97 Å². The fourth-order valence-corrected chi connectivity index (χ4v) is 2.37. The molecule has 6 heteroatoms. The Morgan fingerprint density at radius 3 is 2.67 bits per heavy atom. The molecule has 0 atom stereocenters. The molecule has 0 saturated heterocycles. The Kier molecular flexibility index (Phi) is 4.80. The van der Waals surface area contributed by atoms with Crippen LogP contribution >= 0.6 is 0 Å². The predicted molar refractivity (Wildman–Crippen MR) is 79.2 cm³/mol. The average Bonchev–Trinajstić information content (AvgIpc) is 2.85. The molecule has 2 amide bonds. The lowest BCUT2D eigenvalue weighted by Gasteiger charge is -2.17. The number of carbonyl (C=O) groups excluding carboxylic acids is 1. The molecular formula is C15H21N3O3. The number of nitrogens with one attached hydrogen (secondary N) is 1. The lowest BCUT2D eigenvalue weighted by Crippen LogP contribution is -2.37. The molecule has 1 aliphatic heterocycles. The van der Waals surface area contributed by atoms with Crippen LogP contribution in [0.3, 0.4) is 0 Å². The summed E-state index contributed by atoms with van der Waals surface area (Å²) in [6, 6.07) is 4.93. The average molecular weight is 291 g/mol. The van der Waals surface area contributed by atoms with E-state index in [1.54, 1.807) is 23.1 Å². The van der Waals surface area contributed by atoms with Gasteiger partial charge in [-0.15, -0.1) is 0 Å². The lowest BCUT2D eigenvalue weighted by atomic mass is 10.1. The first-order chi connectivity index (χ1) is 9.97. The number of aromatic carboxylic acids is 1. The molecule has 6 nitrogen and oxygen atoms in total. The van der Waals surface area contributed by atoms with Gasteiger partial charge in [0.05, 0.1) is 5.56 Å². The number of rotatable bonds is 5. The molecule has 0 unspecified atom stereocenters. The van der Waals surface area contributed by atoms with Crippen molar-refractivity contribution in [3.63, 3.8) is 0 Å². The van der Waals surface area contributed by atoms with Crippen molar-refractivity contribution in [2.75, 3.05) is 27.2 Å². The maximum absolute atomic E-state index is 12.1. The van der Waals surface area contributed by atoms with E-state index in [0.29, 0.717) is 19.6 Å². The van der Waals surface area contributed by atoms with Gasteiger partial charge in [0.25, 0.3) is 0 Å². The Bertz CT molecular complexity index is 543. The Hall–Kier alpha value is -2.08. The number of amides is 2. The van der Waals surface area contributed by atoms with E-state index in [9.17, 15) is 9.59 Å². The minimum Gasteiger partial charge on any atom is -0.478 e. The normalized spacial score (nSPS) is 13.4. The van der Waals surface area contributed by atoms with Gasteiger partial charge in [-0.05, 0) is 50.3 Å². The number of urea groups is 1. The Morgan fingerprint density at radius 2 is 2.00 bits per heavy atom. The largest absolute Gasteiger partial charge is 0.478 e. The molecule has 2 N–H and O–H groups in total. The highest BCUT2D eigenvalue weighted by atomic mass is 16.4. The third kappa shape index (κ3) is 3.95. The van der Waals surface area contributed by atoms with Gasteiger partial charge in [0, 0.05) is 19.6 Å². The highest BCUT2D eigenvalue weighted by molar-refractivity contribution is 5.88. The Balaban J connectivity index is 1.87. The summed E-state index contributed by atoms with van der Waals surface area (Å²) in [4.78, 5) is 26.8. The minimum atomic E-state index is -0.940. The molecule has 2 rings (SSSR count). The standard InChI is InChI=1S/C15H21N3O3/c1-17(2)7-3-6-16-15(21)18-9-12-5-4-11(14(19)20)8-13(12)10-18/h4-5,8H,3,6-7,9-10H2,1-2H3,(H,16,21)(H,19,20). The molecule has 0 radical (unpaired) electrons. The molecule has 1 aliphatic rings. The maximum atomic E-state index is 12.1. The van der Waals surface area contributed by atoms with Crippen molar-refractivity contribution in [2.45, 2.75) is 19.5 Å². The van der Waals surface area contributed by atoms with E-state index in [0.717, 1.165) is 24.1 Å². The number of carboxylic acids is 1. The number of nitrogens with zero attached hydrogens (tertiary/aromatic N) is 2. The number of hydrogen-bond acceptors (Lipinski definition) is 3. The van der Waals surface area contributed by atoms with Crippen LogP contribution < -0.4 is 5.32 Å². The van der Waals surface area contributed by atoms with Crippen molar-refractivity contribution in [3.05, 3.63) is 34.9 Å². The van der Waals surface area contributed by atoms with Crippen molar-refractivity contribution in [2.24, 2.45) is 0 Å². The summed E-state index contributed by atoms with van der Waals surface area (Å²) < 4.78 is 0. The van der Waals surface area contributed by atoms with Crippen LogP contribution in [0.25, 0.3) is 0 Å². The highest BCUT2D eigenvalue weighted by Crippen LogP contribution is 2.23. The second kappa shape index (κ2) is 6.58. The SMILES string of the molecule is CN(C)CCCNC(=O)N1Cc2ccc(C(=O)O)cc2C1. The van der Waals surface area contributed by atoms with Gasteiger partial charge in [-0.1, -0.05) is 6.07 Å². The van der Waals surface area contributed by atoms with Crippen LogP contribution in [0.2, 0.25) is 0 Å². The van der Waals surface area contributed by atoms with Crippen LogP contribution in [-0.4, -0.2) is 54.1 Å². The van der Waals surface area contributed by atoms with Crippen LogP contribution in [0.15, 0.2) is 18.2 Å². The number of hydrogen-bond donors (Lipinski definition) is 2. The van der Waals surface area contributed by atoms with Crippen molar-refractivity contribution in [1.82, 2.24) is 15.1 Å². The van der Waals surface area contributed by atoms with Crippen LogP contribution in [0.5, 0.6) is 0 Å². The van der Waals surface area contributed by atoms with Gasteiger partial charge >= 0.3 is 12.0 Å². The topological polar surface area (TPSA) is 72.9 Å². The van der Waals surface area contributed by atoms with E-state index in [1.165, 1.54) is 0 Å². The minimum absolute atomic E-state index is 0.0955. The number of carbonyl (C=O) groups is 2. The lowest BCUT2D eigenvalue weighted by molar-refractivity contribution is 0.0696. The monoisotopic (exact) mass is 291 g/mol. The third-order valence-corrected chi connectivity index (χ3v) is 3.52. The van der Waals surface area contributed by atoms with Gasteiger partial charge in [0.15, 0.2) is 0 Å². The first-order valence-electron chi connectivity index (χ1n) is 7.00. The summed E-state index contributed by atoms with van der Waals surface area (Å²) in [6.45, 7) is 2.58. The molecular weight excluding hydrogens is 270 g/mol. The zero-order valence-corrected chi connectivity index (χ0v) is 12.4. The quantitative estimate of drug-likeness (QED) is 0.804. The Labute approximate surface area is 124 Å². The second-order valence-corrected chi connectivity index (χ2v) is 5.53. The van der Waals surface area contributed by atoms with E-state index in [1.807, 2.05) is 14.1 Å². The molecule has 114 valence electrons.